The standard InChI is InChI=1S/C36H32N4O3S/c1-24-31(38-36(43-24)28-13-7-4-8-14-28)21-22-42-29-19-17-26(18-20-29)33(23-34-40-39-25(2)44-34)37-32-16-10-9-15-30(32)35(41)27-11-5-3-6-12-27/h3-20,33,37H,21-23H2,1-2H3. The summed E-state index contributed by atoms with van der Waals surface area (Å²) >= 11 is 1.57. The first-order chi connectivity index (χ1) is 21.5. The summed E-state index contributed by atoms with van der Waals surface area (Å²) in [4.78, 5) is 18.1. The van der Waals surface area contributed by atoms with Gasteiger partial charge in [-0.05, 0) is 55.8 Å². The van der Waals surface area contributed by atoms with E-state index < -0.39 is 0 Å². The largest absolute Gasteiger partial charge is 0.493 e. The van der Waals surface area contributed by atoms with Crippen LogP contribution in [0, 0.1) is 13.8 Å². The number of ketones is 1. The zero-order valence-corrected chi connectivity index (χ0v) is 25.4. The zero-order chi connectivity index (χ0) is 30.3. The molecule has 0 radical (unpaired) electrons. The van der Waals surface area contributed by atoms with Crippen LogP contribution >= 0.6 is 11.3 Å². The van der Waals surface area contributed by atoms with Gasteiger partial charge in [-0.3, -0.25) is 4.79 Å². The molecule has 0 spiro atoms. The van der Waals surface area contributed by atoms with Crippen LogP contribution in [0.4, 0.5) is 5.69 Å². The minimum Gasteiger partial charge on any atom is -0.493 e. The first-order valence-corrected chi connectivity index (χ1v) is 15.3. The van der Waals surface area contributed by atoms with Crippen molar-refractivity contribution in [3.63, 3.8) is 0 Å². The van der Waals surface area contributed by atoms with Gasteiger partial charge in [-0.25, -0.2) is 4.98 Å². The molecule has 0 aliphatic heterocycles. The molecule has 6 aromatic rings. The second kappa shape index (κ2) is 13.5. The third-order valence-electron chi connectivity index (χ3n) is 7.29. The van der Waals surface area contributed by atoms with Crippen molar-refractivity contribution in [1.29, 1.82) is 0 Å². The van der Waals surface area contributed by atoms with Crippen LogP contribution in [0.2, 0.25) is 0 Å². The lowest BCUT2D eigenvalue weighted by Crippen LogP contribution is -2.16. The van der Waals surface area contributed by atoms with E-state index in [-0.39, 0.29) is 11.8 Å². The van der Waals surface area contributed by atoms with Gasteiger partial charge in [-0.1, -0.05) is 72.8 Å². The van der Waals surface area contributed by atoms with Gasteiger partial charge in [0.2, 0.25) is 5.89 Å². The number of benzene rings is 4. The van der Waals surface area contributed by atoms with Crippen molar-refractivity contribution in [2.75, 3.05) is 11.9 Å². The van der Waals surface area contributed by atoms with Crippen LogP contribution in [0.1, 0.15) is 49.0 Å². The van der Waals surface area contributed by atoms with Crippen LogP contribution < -0.4 is 10.1 Å². The van der Waals surface area contributed by atoms with Gasteiger partial charge in [0.05, 0.1) is 18.3 Å². The van der Waals surface area contributed by atoms with E-state index in [0.717, 1.165) is 44.0 Å². The summed E-state index contributed by atoms with van der Waals surface area (Å²) in [5, 5.41) is 14.0. The summed E-state index contributed by atoms with van der Waals surface area (Å²) in [6, 6.07) is 34.8. The number of nitrogens with zero attached hydrogens (tertiary/aromatic N) is 3. The lowest BCUT2D eigenvalue weighted by Gasteiger charge is -2.21. The predicted molar refractivity (Wildman–Crippen MR) is 173 cm³/mol. The molecule has 0 aliphatic carbocycles. The number of para-hydroxylation sites is 1. The fraction of sp³-hybridized carbons (Fsp3) is 0.167. The molecule has 8 heteroatoms. The molecule has 0 aliphatic rings. The van der Waals surface area contributed by atoms with E-state index in [2.05, 4.69) is 32.6 Å². The first-order valence-electron chi connectivity index (χ1n) is 14.5. The third kappa shape index (κ3) is 6.93. The van der Waals surface area contributed by atoms with E-state index in [0.29, 0.717) is 36.5 Å². The van der Waals surface area contributed by atoms with Crippen LogP contribution in [0.15, 0.2) is 114 Å². The number of carbonyl (C=O) groups excluding carboxylic acids is 1. The predicted octanol–water partition coefficient (Wildman–Crippen LogP) is 8.06. The van der Waals surface area contributed by atoms with Crippen LogP contribution in [-0.4, -0.2) is 27.6 Å². The minimum atomic E-state index is -0.143. The minimum absolute atomic E-state index is 0.0267. The number of anilines is 1. The smallest absolute Gasteiger partial charge is 0.226 e. The van der Waals surface area contributed by atoms with Gasteiger partial charge >= 0.3 is 0 Å². The summed E-state index contributed by atoms with van der Waals surface area (Å²) in [6.45, 7) is 4.36. The van der Waals surface area contributed by atoms with E-state index in [1.165, 1.54) is 0 Å². The summed E-state index contributed by atoms with van der Waals surface area (Å²) in [5.74, 6) is 2.16. The van der Waals surface area contributed by atoms with Crippen LogP contribution in [0.3, 0.4) is 0 Å². The average molecular weight is 601 g/mol. The van der Waals surface area contributed by atoms with Crippen molar-refractivity contribution in [2.45, 2.75) is 32.7 Å². The van der Waals surface area contributed by atoms with Crippen LogP contribution in [0.25, 0.3) is 11.5 Å². The summed E-state index contributed by atoms with van der Waals surface area (Å²) in [6.07, 6.45) is 1.26. The highest BCUT2D eigenvalue weighted by atomic mass is 32.1. The Labute approximate surface area is 260 Å². The molecule has 0 bridgehead atoms. The molecule has 4 aromatic carbocycles. The Hall–Kier alpha value is -5.08. The molecule has 1 N–H and O–H groups in total. The molecule has 1 atom stereocenters. The van der Waals surface area contributed by atoms with Crippen molar-refractivity contribution in [1.82, 2.24) is 15.2 Å². The van der Waals surface area contributed by atoms with Crippen LogP contribution in [-0.2, 0) is 12.8 Å². The topological polar surface area (TPSA) is 90.1 Å². The number of aryl methyl sites for hydroxylation is 2. The fourth-order valence-electron chi connectivity index (χ4n) is 5.01. The Bertz CT molecular complexity index is 1830. The maximum absolute atomic E-state index is 13.4. The zero-order valence-electron chi connectivity index (χ0n) is 24.6. The number of oxazole rings is 1. The molecule has 2 heterocycles. The van der Waals surface area contributed by atoms with Gasteiger partial charge in [0, 0.05) is 35.2 Å². The maximum Gasteiger partial charge on any atom is 0.226 e. The maximum atomic E-state index is 13.4. The number of nitrogens with one attached hydrogen (secondary N) is 1. The SMILES string of the molecule is Cc1nnc(CC(Nc2ccccc2C(=O)c2ccccc2)c2ccc(OCCc3nc(-c4ccccc4)oc3C)cc2)s1. The molecule has 0 saturated carbocycles. The van der Waals surface area contributed by atoms with Gasteiger partial charge in [0.1, 0.15) is 21.5 Å². The highest BCUT2D eigenvalue weighted by molar-refractivity contribution is 7.11. The first kappa shape index (κ1) is 29.0. The molecule has 6 rings (SSSR count). The Morgan fingerprint density at radius 1 is 0.864 bits per heavy atom. The molecule has 0 amide bonds. The van der Waals surface area contributed by atoms with Gasteiger partial charge in [-0.2, -0.15) is 0 Å². The summed E-state index contributed by atoms with van der Waals surface area (Å²) in [5.41, 5.74) is 4.93. The van der Waals surface area contributed by atoms with Gasteiger partial charge in [0.25, 0.3) is 0 Å². The quantitative estimate of drug-likeness (QED) is 0.142. The van der Waals surface area contributed by atoms with E-state index in [1.807, 2.05) is 111 Å². The van der Waals surface area contributed by atoms with Crippen LogP contribution in [0.5, 0.6) is 5.75 Å². The van der Waals surface area contributed by atoms with Crippen molar-refractivity contribution < 1.29 is 13.9 Å². The number of carbonyl (C=O) groups is 1. The monoisotopic (exact) mass is 600 g/mol. The molecule has 220 valence electrons. The highest BCUT2D eigenvalue weighted by Crippen LogP contribution is 2.29. The lowest BCUT2D eigenvalue weighted by molar-refractivity contribution is 0.103. The van der Waals surface area contributed by atoms with Crippen molar-refractivity contribution in [3.8, 4) is 17.2 Å². The van der Waals surface area contributed by atoms with E-state index in [1.54, 1.807) is 11.3 Å². The van der Waals surface area contributed by atoms with Crippen molar-refractivity contribution >= 4 is 22.8 Å². The summed E-state index contributed by atoms with van der Waals surface area (Å²) in [7, 11) is 0. The van der Waals surface area contributed by atoms with E-state index in [9.17, 15) is 4.79 Å². The van der Waals surface area contributed by atoms with Gasteiger partial charge < -0.3 is 14.5 Å². The third-order valence-corrected chi connectivity index (χ3v) is 8.15. The normalized spacial score (nSPS) is 11.7. The number of ether oxygens (including phenoxy) is 1. The number of rotatable bonds is 12. The second-order valence-corrected chi connectivity index (χ2v) is 11.7. The number of aromatic nitrogens is 3. The molecule has 0 fully saturated rings. The Morgan fingerprint density at radius 3 is 2.30 bits per heavy atom. The number of hydrogen-bond donors (Lipinski definition) is 1. The Balaban J connectivity index is 1.17. The average Bonchev–Trinajstić information content (AvgIpc) is 3.66. The molecular formula is C36H32N4O3S. The molecule has 1 unspecified atom stereocenters. The summed E-state index contributed by atoms with van der Waals surface area (Å²) < 4.78 is 12.0. The van der Waals surface area contributed by atoms with E-state index in [4.69, 9.17) is 9.15 Å². The van der Waals surface area contributed by atoms with Crippen molar-refractivity contribution in [3.05, 3.63) is 147 Å². The van der Waals surface area contributed by atoms with Gasteiger partial charge in [-0.15, -0.1) is 21.5 Å². The molecule has 7 nitrogen and oxygen atoms in total. The highest BCUT2D eigenvalue weighted by Gasteiger charge is 2.20. The Morgan fingerprint density at radius 2 is 1.57 bits per heavy atom. The van der Waals surface area contributed by atoms with E-state index >= 15 is 0 Å². The molecule has 44 heavy (non-hydrogen) atoms. The molecular weight excluding hydrogens is 568 g/mol. The molecule has 2 aromatic heterocycles. The fourth-order valence-corrected chi connectivity index (χ4v) is 5.77. The Kier molecular flexibility index (Phi) is 8.89. The van der Waals surface area contributed by atoms with Gasteiger partial charge in [0.15, 0.2) is 5.78 Å². The lowest BCUT2D eigenvalue weighted by atomic mass is 9.99. The second-order valence-electron chi connectivity index (χ2n) is 10.4. The van der Waals surface area contributed by atoms with Crippen molar-refractivity contribution in [2.24, 2.45) is 0 Å². The number of hydrogen-bond acceptors (Lipinski definition) is 8. The molecule has 0 saturated heterocycles.